The second-order valence-corrected chi connectivity index (χ2v) is 8.64. The van der Waals surface area contributed by atoms with Crippen LogP contribution < -0.4 is 0 Å². The van der Waals surface area contributed by atoms with E-state index in [0.717, 1.165) is 21.8 Å². The van der Waals surface area contributed by atoms with Crippen molar-refractivity contribution in [3.05, 3.63) is 47.5 Å². The summed E-state index contributed by atoms with van der Waals surface area (Å²) in [5.41, 5.74) is 2.80. The number of nitrogens with one attached hydrogen (secondary N) is 1. The van der Waals surface area contributed by atoms with Crippen molar-refractivity contribution in [2.45, 2.75) is 24.6 Å². The lowest BCUT2D eigenvalue weighted by Crippen LogP contribution is -2.25. The van der Waals surface area contributed by atoms with E-state index < -0.39 is 10.0 Å². The number of hydrogen-bond acceptors (Lipinski definition) is 5. The Balaban J connectivity index is 1.88. The van der Waals surface area contributed by atoms with E-state index in [9.17, 15) is 8.42 Å². The molecule has 0 aliphatic heterocycles. The first kappa shape index (κ1) is 16.0. The molecule has 0 saturated carbocycles. The van der Waals surface area contributed by atoms with Crippen LogP contribution in [-0.2, 0) is 16.6 Å². The molecular weight excluding hydrogens is 334 g/mol. The Bertz CT molecular complexity index is 908. The predicted molar refractivity (Wildman–Crippen MR) is 88.7 cm³/mol. The zero-order valence-electron chi connectivity index (χ0n) is 13.0. The Kier molecular flexibility index (Phi) is 4.13. The van der Waals surface area contributed by atoms with Crippen molar-refractivity contribution >= 4 is 21.4 Å². The van der Waals surface area contributed by atoms with Crippen LogP contribution in [0.4, 0.5) is 0 Å². The SMILES string of the molecule is Cc1[nH]nc(-c2ccc(S(=O)(=O)N(C)Cc3ccco3)s2)c1C. The summed E-state index contributed by atoms with van der Waals surface area (Å²) >= 11 is 1.22. The summed E-state index contributed by atoms with van der Waals surface area (Å²) in [4.78, 5) is 0.830. The molecule has 0 radical (unpaired) electrons. The van der Waals surface area contributed by atoms with Gasteiger partial charge in [0.25, 0.3) is 10.0 Å². The smallest absolute Gasteiger partial charge is 0.252 e. The van der Waals surface area contributed by atoms with E-state index in [1.165, 1.54) is 21.9 Å². The zero-order chi connectivity index (χ0) is 16.6. The van der Waals surface area contributed by atoms with E-state index >= 15 is 0 Å². The highest BCUT2D eigenvalue weighted by molar-refractivity contribution is 7.91. The third-order valence-corrected chi connectivity index (χ3v) is 7.05. The fourth-order valence-corrected chi connectivity index (χ4v) is 4.87. The van der Waals surface area contributed by atoms with E-state index in [2.05, 4.69) is 10.2 Å². The fourth-order valence-electron chi connectivity index (χ4n) is 2.17. The molecule has 3 aromatic heterocycles. The standard InChI is InChI=1S/C15H17N3O3S2/c1-10-11(2)16-17-15(10)13-6-7-14(22-13)23(19,20)18(3)9-12-5-4-8-21-12/h4-8H,9H2,1-3H3,(H,16,17). The number of sulfonamides is 1. The van der Waals surface area contributed by atoms with Crippen LogP contribution in [0.2, 0.25) is 0 Å². The van der Waals surface area contributed by atoms with Gasteiger partial charge in [-0.25, -0.2) is 8.42 Å². The maximum absolute atomic E-state index is 12.7. The number of aryl methyl sites for hydroxylation is 1. The van der Waals surface area contributed by atoms with E-state index in [0.29, 0.717) is 9.97 Å². The van der Waals surface area contributed by atoms with Crippen LogP contribution >= 0.6 is 11.3 Å². The van der Waals surface area contributed by atoms with Gasteiger partial charge < -0.3 is 4.42 Å². The highest BCUT2D eigenvalue weighted by atomic mass is 32.2. The lowest BCUT2D eigenvalue weighted by molar-refractivity contribution is 0.407. The summed E-state index contributed by atoms with van der Waals surface area (Å²) in [5, 5.41) is 7.17. The molecule has 122 valence electrons. The van der Waals surface area contributed by atoms with E-state index in [-0.39, 0.29) is 6.54 Å². The second-order valence-electron chi connectivity index (χ2n) is 5.28. The number of aromatic nitrogens is 2. The number of hydrogen-bond donors (Lipinski definition) is 1. The minimum atomic E-state index is -3.55. The number of thiophene rings is 1. The second kappa shape index (κ2) is 5.95. The zero-order valence-corrected chi connectivity index (χ0v) is 14.7. The molecule has 0 spiro atoms. The van der Waals surface area contributed by atoms with Crippen molar-refractivity contribution in [1.82, 2.24) is 14.5 Å². The van der Waals surface area contributed by atoms with Gasteiger partial charge >= 0.3 is 0 Å². The lowest BCUT2D eigenvalue weighted by atomic mass is 10.2. The Morgan fingerprint density at radius 3 is 2.70 bits per heavy atom. The van der Waals surface area contributed by atoms with Gasteiger partial charge in [0.05, 0.1) is 17.7 Å². The van der Waals surface area contributed by atoms with Crippen molar-refractivity contribution in [2.24, 2.45) is 0 Å². The van der Waals surface area contributed by atoms with Crippen LogP contribution in [0, 0.1) is 13.8 Å². The molecule has 0 amide bonds. The molecule has 0 atom stereocenters. The molecule has 0 aliphatic rings. The van der Waals surface area contributed by atoms with Crippen molar-refractivity contribution in [2.75, 3.05) is 7.05 Å². The Hall–Kier alpha value is -1.90. The summed E-state index contributed by atoms with van der Waals surface area (Å²) in [6.07, 6.45) is 1.53. The van der Waals surface area contributed by atoms with Crippen molar-refractivity contribution in [3.63, 3.8) is 0 Å². The number of rotatable bonds is 5. The van der Waals surface area contributed by atoms with Gasteiger partial charge in [-0.2, -0.15) is 9.40 Å². The third kappa shape index (κ3) is 2.97. The number of H-pyrrole nitrogens is 1. The molecule has 0 unspecified atom stereocenters. The Morgan fingerprint density at radius 2 is 2.09 bits per heavy atom. The van der Waals surface area contributed by atoms with Gasteiger partial charge in [0.1, 0.15) is 15.7 Å². The van der Waals surface area contributed by atoms with Gasteiger partial charge in [-0.1, -0.05) is 0 Å². The maximum atomic E-state index is 12.7. The highest BCUT2D eigenvalue weighted by Crippen LogP contribution is 2.33. The molecule has 0 bridgehead atoms. The first-order valence-electron chi connectivity index (χ1n) is 7.00. The molecule has 0 saturated heterocycles. The topological polar surface area (TPSA) is 79.2 Å². The third-order valence-electron chi connectivity index (χ3n) is 3.69. The molecular formula is C15H17N3O3S2. The van der Waals surface area contributed by atoms with Crippen LogP contribution in [0.3, 0.4) is 0 Å². The summed E-state index contributed by atoms with van der Waals surface area (Å²) in [7, 11) is -2.01. The quantitative estimate of drug-likeness (QED) is 0.766. The monoisotopic (exact) mass is 351 g/mol. The van der Waals surface area contributed by atoms with Gasteiger partial charge in [-0.05, 0) is 43.7 Å². The molecule has 23 heavy (non-hydrogen) atoms. The largest absolute Gasteiger partial charge is 0.468 e. The maximum Gasteiger partial charge on any atom is 0.252 e. The average Bonchev–Trinajstić information content (AvgIpc) is 3.22. The molecule has 3 rings (SSSR count). The Morgan fingerprint density at radius 1 is 1.30 bits per heavy atom. The molecule has 0 fully saturated rings. The van der Waals surface area contributed by atoms with Gasteiger partial charge in [-0.3, -0.25) is 5.10 Å². The van der Waals surface area contributed by atoms with Crippen molar-refractivity contribution in [3.8, 4) is 10.6 Å². The first-order chi connectivity index (χ1) is 10.9. The van der Waals surface area contributed by atoms with Crippen molar-refractivity contribution < 1.29 is 12.8 Å². The molecule has 3 aromatic rings. The van der Waals surface area contributed by atoms with Crippen LogP contribution in [0.25, 0.3) is 10.6 Å². The van der Waals surface area contributed by atoms with E-state index in [1.807, 2.05) is 13.8 Å². The Labute approximate surface area is 138 Å². The summed E-state index contributed by atoms with van der Waals surface area (Å²) in [6, 6.07) is 6.90. The number of nitrogens with zero attached hydrogens (tertiary/aromatic N) is 2. The van der Waals surface area contributed by atoms with Gasteiger partial charge in [-0.15, -0.1) is 11.3 Å². The fraction of sp³-hybridized carbons (Fsp3) is 0.267. The summed E-state index contributed by atoms with van der Waals surface area (Å²) < 4.78 is 32.1. The predicted octanol–water partition coefficient (Wildman–Crippen LogP) is 3.17. The van der Waals surface area contributed by atoms with E-state index in [4.69, 9.17) is 4.42 Å². The van der Waals surface area contributed by atoms with Gasteiger partial charge in [0.2, 0.25) is 0 Å². The average molecular weight is 351 g/mol. The minimum Gasteiger partial charge on any atom is -0.468 e. The van der Waals surface area contributed by atoms with Crippen molar-refractivity contribution in [1.29, 1.82) is 0 Å². The van der Waals surface area contributed by atoms with Gasteiger partial charge in [0.15, 0.2) is 0 Å². The van der Waals surface area contributed by atoms with E-state index in [1.54, 1.807) is 31.3 Å². The van der Waals surface area contributed by atoms with Crippen LogP contribution in [0.1, 0.15) is 17.0 Å². The van der Waals surface area contributed by atoms with Crippen LogP contribution in [-0.4, -0.2) is 30.0 Å². The summed E-state index contributed by atoms with van der Waals surface area (Å²) in [6.45, 7) is 4.10. The molecule has 8 heteroatoms. The van der Waals surface area contributed by atoms with Gasteiger partial charge in [0, 0.05) is 12.7 Å². The molecule has 0 aliphatic carbocycles. The summed E-state index contributed by atoms with van der Waals surface area (Å²) in [5.74, 6) is 0.603. The number of aromatic amines is 1. The molecule has 0 aromatic carbocycles. The minimum absolute atomic E-state index is 0.198. The van der Waals surface area contributed by atoms with Crippen LogP contribution in [0.15, 0.2) is 39.2 Å². The highest BCUT2D eigenvalue weighted by Gasteiger charge is 2.24. The molecule has 1 N–H and O–H groups in total. The van der Waals surface area contributed by atoms with Crippen LogP contribution in [0.5, 0.6) is 0 Å². The molecule has 3 heterocycles. The first-order valence-corrected chi connectivity index (χ1v) is 9.25. The number of furan rings is 1. The molecule has 6 nitrogen and oxygen atoms in total. The normalized spacial score (nSPS) is 12.2. The lowest BCUT2D eigenvalue weighted by Gasteiger charge is -2.14.